The van der Waals surface area contributed by atoms with Crippen molar-refractivity contribution in [2.75, 3.05) is 39.0 Å². The van der Waals surface area contributed by atoms with Crippen LogP contribution in [-0.4, -0.2) is 33.7 Å². The van der Waals surface area contributed by atoms with Gasteiger partial charge < -0.3 is 16.0 Å². The van der Waals surface area contributed by atoms with Crippen molar-refractivity contribution in [2.24, 2.45) is 0 Å². The molecule has 1 rings (SSSR count). The lowest BCUT2D eigenvalue weighted by molar-refractivity contribution is 0.863. The number of nitrogens with one attached hydrogen (secondary N) is 3. The van der Waals surface area contributed by atoms with Gasteiger partial charge in [-0.2, -0.15) is 0 Å². The summed E-state index contributed by atoms with van der Waals surface area (Å²) in [4.78, 5) is 0. The molecule has 0 amide bonds. The summed E-state index contributed by atoms with van der Waals surface area (Å²) in [5, 5.41) is 9.07. The van der Waals surface area contributed by atoms with E-state index < -0.39 is 0 Å². The van der Waals surface area contributed by atoms with Gasteiger partial charge in [-0.15, -0.1) is 0 Å². The van der Waals surface area contributed by atoms with Gasteiger partial charge in [-0.25, -0.2) is 0 Å². The molecule has 0 saturated heterocycles. The highest BCUT2D eigenvalue weighted by Gasteiger charge is 1.81. The molecule has 0 heterocycles. The maximum atomic E-state index is 3.21. The summed E-state index contributed by atoms with van der Waals surface area (Å²) in [6.07, 6.45) is 0. The molecular formula is C14H29N3. The maximum absolute atomic E-state index is 3.21. The number of benzene rings is 1. The molecule has 3 heteroatoms. The van der Waals surface area contributed by atoms with Gasteiger partial charge in [0.1, 0.15) is 0 Å². The van der Waals surface area contributed by atoms with Gasteiger partial charge >= 0.3 is 0 Å². The minimum absolute atomic E-state index is 0.990. The first-order valence-corrected chi connectivity index (χ1v) is 6.34. The van der Waals surface area contributed by atoms with Crippen LogP contribution in [-0.2, 0) is 0 Å². The van der Waals surface area contributed by atoms with Gasteiger partial charge in [0.2, 0.25) is 0 Å². The minimum Gasteiger partial charge on any atom is -0.385 e. The van der Waals surface area contributed by atoms with E-state index in [1.165, 1.54) is 5.69 Å². The zero-order valence-electron chi connectivity index (χ0n) is 12.0. The molecule has 0 unspecified atom stereocenters. The molecule has 0 aliphatic carbocycles. The molecule has 100 valence electrons. The number of para-hydroxylation sites is 1. The Bertz CT molecular complexity index is 204. The number of anilines is 1. The molecule has 0 radical (unpaired) electrons. The smallest absolute Gasteiger partial charge is 0.0340 e. The largest absolute Gasteiger partial charge is 0.385 e. The Morgan fingerprint density at radius 3 is 1.47 bits per heavy atom. The highest BCUT2D eigenvalue weighted by Crippen LogP contribution is 2.02. The van der Waals surface area contributed by atoms with Crippen LogP contribution in [0.4, 0.5) is 5.69 Å². The van der Waals surface area contributed by atoms with Crippen LogP contribution in [0.15, 0.2) is 30.3 Å². The van der Waals surface area contributed by atoms with Gasteiger partial charge in [0, 0.05) is 12.2 Å². The summed E-state index contributed by atoms with van der Waals surface area (Å²) in [5.74, 6) is 0. The van der Waals surface area contributed by atoms with Crippen LogP contribution < -0.4 is 16.0 Å². The zero-order chi connectivity index (χ0) is 13.4. The summed E-state index contributed by atoms with van der Waals surface area (Å²) in [7, 11) is 3.86. The normalized spacial score (nSPS) is 8.29. The van der Waals surface area contributed by atoms with Crippen molar-refractivity contribution in [3.8, 4) is 0 Å². The number of hydrogen-bond donors (Lipinski definition) is 3. The third-order valence-electron chi connectivity index (χ3n) is 1.86. The molecule has 0 aromatic heterocycles. The minimum atomic E-state index is 0.990. The van der Waals surface area contributed by atoms with Crippen molar-refractivity contribution in [2.45, 2.75) is 20.8 Å². The SMILES string of the molecule is CCNC.CCNC.CCNc1ccccc1. The predicted molar refractivity (Wildman–Crippen MR) is 79.8 cm³/mol. The van der Waals surface area contributed by atoms with Gasteiger partial charge in [0.15, 0.2) is 0 Å². The second kappa shape index (κ2) is 17.3. The van der Waals surface area contributed by atoms with Gasteiger partial charge in [-0.3, -0.25) is 0 Å². The van der Waals surface area contributed by atoms with Crippen molar-refractivity contribution >= 4 is 5.69 Å². The van der Waals surface area contributed by atoms with Crippen LogP contribution in [0, 0.1) is 0 Å². The predicted octanol–water partition coefficient (Wildman–Crippen LogP) is 2.57. The van der Waals surface area contributed by atoms with Gasteiger partial charge in [-0.05, 0) is 46.2 Å². The molecule has 1 aromatic rings. The van der Waals surface area contributed by atoms with E-state index in [1.807, 2.05) is 32.3 Å². The van der Waals surface area contributed by atoms with Crippen molar-refractivity contribution in [1.82, 2.24) is 10.6 Å². The fourth-order valence-electron chi connectivity index (χ4n) is 0.760. The first-order chi connectivity index (χ1) is 8.26. The highest BCUT2D eigenvalue weighted by molar-refractivity contribution is 5.41. The van der Waals surface area contributed by atoms with Crippen LogP contribution >= 0.6 is 0 Å². The van der Waals surface area contributed by atoms with E-state index in [2.05, 4.69) is 48.9 Å². The van der Waals surface area contributed by atoms with Gasteiger partial charge in [0.25, 0.3) is 0 Å². The third kappa shape index (κ3) is 17.5. The molecule has 0 aliphatic heterocycles. The molecule has 3 N–H and O–H groups in total. The average Bonchev–Trinajstić information content (AvgIpc) is 2.41. The summed E-state index contributed by atoms with van der Waals surface area (Å²) in [6.45, 7) is 9.36. The first kappa shape index (κ1) is 18.3. The van der Waals surface area contributed by atoms with Crippen molar-refractivity contribution in [3.63, 3.8) is 0 Å². The standard InChI is InChI=1S/C8H11N.2C3H9N/c1-2-9-8-6-4-3-5-7-8;2*1-3-4-2/h3-7,9H,2H2,1H3;2*4H,3H2,1-2H3. The van der Waals surface area contributed by atoms with Gasteiger partial charge in [0.05, 0.1) is 0 Å². The van der Waals surface area contributed by atoms with E-state index >= 15 is 0 Å². The van der Waals surface area contributed by atoms with E-state index in [9.17, 15) is 0 Å². The quantitative estimate of drug-likeness (QED) is 0.756. The zero-order valence-corrected chi connectivity index (χ0v) is 12.0. The molecule has 1 aromatic carbocycles. The van der Waals surface area contributed by atoms with Crippen molar-refractivity contribution in [3.05, 3.63) is 30.3 Å². The van der Waals surface area contributed by atoms with Crippen LogP contribution in [0.25, 0.3) is 0 Å². The Morgan fingerprint density at radius 1 is 0.765 bits per heavy atom. The van der Waals surface area contributed by atoms with Crippen molar-refractivity contribution < 1.29 is 0 Å². The molecule has 3 nitrogen and oxygen atoms in total. The topological polar surface area (TPSA) is 36.1 Å². The second-order valence-electron chi connectivity index (χ2n) is 3.31. The lowest BCUT2D eigenvalue weighted by atomic mass is 10.3. The molecule has 0 aliphatic rings. The number of hydrogen-bond acceptors (Lipinski definition) is 3. The molecule has 0 saturated carbocycles. The molecule has 0 atom stereocenters. The second-order valence-corrected chi connectivity index (χ2v) is 3.31. The lowest BCUT2D eigenvalue weighted by Gasteiger charge is -1.99. The Hall–Kier alpha value is -1.06. The first-order valence-electron chi connectivity index (χ1n) is 6.34. The molecule has 0 fully saturated rings. The molecule has 0 spiro atoms. The van der Waals surface area contributed by atoms with Crippen LogP contribution in [0.1, 0.15) is 20.8 Å². The average molecular weight is 239 g/mol. The summed E-state index contributed by atoms with van der Waals surface area (Å²) in [6, 6.07) is 10.2. The Balaban J connectivity index is 0. The number of rotatable bonds is 4. The van der Waals surface area contributed by atoms with E-state index in [0.29, 0.717) is 0 Å². The highest BCUT2D eigenvalue weighted by atomic mass is 14.8. The van der Waals surface area contributed by atoms with E-state index in [1.54, 1.807) is 0 Å². The summed E-state index contributed by atoms with van der Waals surface area (Å²) >= 11 is 0. The lowest BCUT2D eigenvalue weighted by Crippen LogP contribution is -2.01. The third-order valence-corrected chi connectivity index (χ3v) is 1.86. The molecule has 17 heavy (non-hydrogen) atoms. The molecule has 0 bridgehead atoms. The Kier molecular flexibility index (Phi) is 18.7. The fraction of sp³-hybridized carbons (Fsp3) is 0.571. The molecular weight excluding hydrogens is 210 g/mol. The van der Waals surface area contributed by atoms with Crippen LogP contribution in [0.2, 0.25) is 0 Å². The van der Waals surface area contributed by atoms with Crippen molar-refractivity contribution in [1.29, 1.82) is 0 Å². The van der Waals surface area contributed by atoms with Crippen LogP contribution in [0.5, 0.6) is 0 Å². The van der Waals surface area contributed by atoms with E-state index in [4.69, 9.17) is 0 Å². The fourth-order valence-corrected chi connectivity index (χ4v) is 0.760. The summed E-state index contributed by atoms with van der Waals surface area (Å²) in [5.41, 5.74) is 1.19. The monoisotopic (exact) mass is 239 g/mol. The maximum Gasteiger partial charge on any atom is 0.0340 e. The van der Waals surface area contributed by atoms with E-state index in [-0.39, 0.29) is 0 Å². The summed E-state index contributed by atoms with van der Waals surface area (Å²) < 4.78 is 0. The Labute approximate surface area is 107 Å². The van der Waals surface area contributed by atoms with Crippen LogP contribution in [0.3, 0.4) is 0 Å². The van der Waals surface area contributed by atoms with Gasteiger partial charge in [-0.1, -0.05) is 32.0 Å². The van der Waals surface area contributed by atoms with E-state index in [0.717, 1.165) is 19.6 Å². The Morgan fingerprint density at radius 2 is 1.18 bits per heavy atom.